The van der Waals surface area contributed by atoms with Crippen LogP contribution < -0.4 is 19.1 Å². The van der Waals surface area contributed by atoms with Crippen molar-refractivity contribution >= 4 is 37.3 Å². The molecule has 3 aromatic carbocycles. The van der Waals surface area contributed by atoms with Crippen LogP contribution in [0.15, 0.2) is 70.5 Å². The third-order valence-corrected chi connectivity index (χ3v) is 9.11. The molecular formula is C27H33N3O6S2. The van der Waals surface area contributed by atoms with E-state index in [4.69, 9.17) is 4.74 Å². The molecule has 3 rings (SSSR count). The average Bonchev–Trinajstić information content (AvgIpc) is 2.83. The summed E-state index contributed by atoms with van der Waals surface area (Å²) in [6.45, 7) is 8.29. The fraction of sp³-hybridized carbons (Fsp3) is 0.296. The number of carbonyl (C=O) groups excluding carboxylic acids is 1. The summed E-state index contributed by atoms with van der Waals surface area (Å²) < 4.78 is 61.7. The zero-order chi connectivity index (χ0) is 28.3. The van der Waals surface area contributed by atoms with Gasteiger partial charge in [-0.2, -0.15) is 0 Å². The number of anilines is 2. The first kappa shape index (κ1) is 29.2. The molecule has 0 aromatic heterocycles. The van der Waals surface area contributed by atoms with Crippen molar-refractivity contribution in [2.75, 3.05) is 23.3 Å². The van der Waals surface area contributed by atoms with Gasteiger partial charge in [0.05, 0.1) is 28.3 Å². The van der Waals surface area contributed by atoms with Gasteiger partial charge in [0.15, 0.2) is 0 Å². The zero-order valence-electron chi connectivity index (χ0n) is 22.3. The highest BCUT2D eigenvalue weighted by Gasteiger charge is 2.29. The first-order valence-corrected chi connectivity index (χ1v) is 14.8. The number of nitrogens with zero attached hydrogens (tertiary/aromatic N) is 1. The van der Waals surface area contributed by atoms with E-state index in [0.717, 1.165) is 15.4 Å². The third-order valence-electron chi connectivity index (χ3n) is 5.68. The molecule has 0 saturated heterocycles. The monoisotopic (exact) mass is 559 g/mol. The molecule has 38 heavy (non-hydrogen) atoms. The molecule has 11 heteroatoms. The van der Waals surface area contributed by atoms with E-state index >= 15 is 0 Å². The van der Waals surface area contributed by atoms with Gasteiger partial charge >= 0.3 is 0 Å². The number of sulfonamides is 2. The normalized spacial score (nSPS) is 11.9. The van der Waals surface area contributed by atoms with Crippen molar-refractivity contribution in [1.82, 2.24) is 4.72 Å². The number of hydrogen-bond acceptors (Lipinski definition) is 6. The van der Waals surface area contributed by atoms with Crippen LogP contribution in [-0.2, 0) is 24.8 Å². The van der Waals surface area contributed by atoms with E-state index in [2.05, 4.69) is 10.0 Å². The maximum absolute atomic E-state index is 13.7. The second-order valence-corrected chi connectivity index (χ2v) is 12.9. The number of hydrogen-bond donors (Lipinski definition) is 2. The Morgan fingerprint density at radius 2 is 1.47 bits per heavy atom. The lowest BCUT2D eigenvalue weighted by Gasteiger charge is -2.26. The predicted molar refractivity (Wildman–Crippen MR) is 149 cm³/mol. The number of methoxy groups -OCH3 is 1. The van der Waals surface area contributed by atoms with Gasteiger partial charge in [-0.1, -0.05) is 29.8 Å². The minimum absolute atomic E-state index is 0.0437. The van der Waals surface area contributed by atoms with Gasteiger partial charge in [0.2, 0.25) is 15.9 Å². The van der Waals surface area contributed by atoms with E-state index in [0.29, 0.717) is 11.3 Å². The molecule has 3 aromatic rings. The van der Waals surface area contributed by atoms with E-state index in [1.54, 1.807) is 45.0 Å². The van der Waals surface area contributed by atoms with Crippen LogP contribution in [0, 0.1) is 20.8 Å². The van der Waals surface area contributed by atoms with Gasteiger partial charge in [0, 0.05) is 6.04 Å². The van der Waals surface area contributed by atoms with Crippen LogP contribution in [0.3, 0.4) is 0 Å². The number of aryl methyl sites for hydroxylation is 3. The Bertz CT molecular complexity index is 1530. The van der Waals surface area contributed by atoms with Crippen molar-refractivity contribution in [2.45, 2.75) is 50.5 Å². The van der Waals surface area contributed by atoms with Crippen LogP contribution in [0.25, 0.3) is 0 Å². The van der Waals surface area contributed by atoms with Gasteiger partial charge in [-0.05, 0) is 82.1 Å². The van der Waals surface area contributed by atoms with Gasteiger partial charge < -0.3 is 10.1 Å². The highest BCUT2D eigenvalue weighted by Crippen LogP contribution is 2.30. The molecular weight excluding hydrogens is 526 g/mol. The van der Waals surface area contributed by atoms with Crippen molar-refractivity contribution in [2.24, 2.45) is 0 Å². The lowest BCUT2D eigenvalue weighted by molar-refractivity contribution is -0.114. The quantitative estimate of drug-likeness (QED) is 0.385. The van der Waals surface area contributed by atoms with E-state index in [1.165, 1.54) is 37.4 Å². The number of nitrogens with one attached hydrogen (secondary N) is 2. The van der Waals surface area contributed by atoms with E-state index in [-0.39, 0.29) is 27.3 Å². The van der Waals surface area contributed by atoms with Gasteiger partial charge in [-0.3, -0.25) is 9.10 Å². The Labute approximate surface area is 224 Å². The third kappa shape index (κ3) is 6.72. The smallest absolute Gasteiger partial charge is 0.264 e. The molecule has 0 bridgehead atoms. The highest BCUT2D eigenvalue weighted by atomic mass is 32.2. The number of ether oxygens (including phenoxy) is 1. The molecule has 0 heterocycles. The molecule has 0 unspecified atom stereocenters. The fourth-order valence-electron chi connectivity index (χ4n) is 3.78. The molecule has 0 aliphatic carbocycles. The second kappa shape index (κ2) is 11.5. The first-order valence-electron chi connectivity index (χ1n) is 11.9. The van der Waals surface area contributed by atoms with Crippen LogP contribution in [0.5, 0.6) is 5.75 Å². The molecule has 0 aliphatic rings. The van der Waals surface area contributed by atoms with Gasteiger partial charge in [-0.15, -0.1) is 0 Å². The summed E-state index contributed by atoms with van der Waals surface area (Å²) in [6, 6.07) is 15.5. The zero-order valence-corrected chi connectivity index (χ0v) is 23.9. The average molecular weight is 560 g/mol. The molecule has 2 N–H and O–H groups in total. The lowest BCUT2D eigenvalue weighted by atomic mass is 10.1. The number of rotatable bonds is 10. The van der Waals surface area contributed by atoms with Crippen LogP contribution in [0.4, 0.5) is 11.4 Å². The molecule has 9 nitrogen and oxygen atoms in total. The SMILES string of the molecule is COc1ccc(S(=O)(=O)NC(C)C)cc1NC(=O)CN(c1cc(C)ccc1C)S(=O)(=O)c1ccc(C)cc1. The second-order valence-electron chi connectivity index (χ2n) is 9.30. The van der Waals surface area contributed by atoms with Crippen molar-refractivity contribution in [3.8, 4) is 5.75 Å². The Hall–Kier alpha value is -3.41. The van der Waals surface area contributed by atoms with E-state index in [1.807, 2.05) is 19.9 Å². The van der Waals surface area contributed by atoms with Gasteiger partial charge in [-0.25, -0.2) is 21.6 Å². The largest absolute Gasteiger partial charge is 0.495 e. The molecule has 0 atom stereocenters. The molecule has 1 amide bonds. The van der Waals surface area contributed by atoms with Gasteiger partial charge in [0.1, 0.15) is 12.3 Å². The topological polar surface area (TPSA) is 122 Å². The summed E-state index contributed by atoms with van der Waals surface area (Å²) in [7, 11) is -6.58. The highest BCUT2D eigenvalue weighted by molar-refractivity contribution is 7.92. The minimum Gasteiger partial charge on any atom is -0.495 e. The van der Waals surface area contributed by atoms with E-state index in [9.17, 15) is 21.6 Å². The Balaban J connectivity index is 2.02. The van der Waals surface area contributed by atoms with Crippen molar-refractivity contribution in [1.29, 1.82) is 0 Å². The summed E-state index contributed by atoms with van der Waals surface area (Å²) in [6.07, 6.45) is 0. The molecule has 0 fully saturated rings. The maximum atomic E-state index is 13.7. The minimum atomic E-state index is -4.12. The summed E-state index contributed by atoms with van der Waals surface area (Å²) in [5.41, 5.74) is 2.86. The molecule has 204 valence electrons. The standard InChI is InChI=1S/C27H33N3O6S2/c1-18(2)29-37(32,33)23-13-14-26(36-6)24(16-23)28-27(31)17-30(25-15-20(4)7-10-21(25)5)38(34,35)22-11-8-19(3)9-12-22/h7-16,18,29H,17H2,1-6H3,(H,28,31). The maximum Gasteiger partial charge on any atom is 0.264 e. The summed E-state index contributed by atoms with van der Waals surface area (Å²) >= 11 is 0. The summed E-state index contributed by atoms with van der Waals surface area (Å²) in [4.78, 5) is 13.3. The number of carbonyl (C=O) groups is 1. The van der Waals surface area contributed by atoms with Crippen molar-refractivity contribution < 1.29 is 26.4 Å². The molecule has 0 radical (unpaired) electrons. The first-order chi connectivity index (χ1) is 17.7. The van der Waals surface area contributed by atoms with Crippen molar-refractivity contribution in [3.05, 3.63) is 77.4 Å². The lowest BCUT2D eigenvalue weighted by Crippen LogP contribution is -2.38. The van der Waals surface area contributed by atoms with Crippen molar-refractivity contribution in [3.63, 3.8) is 0 Å². The Kier molecular flexibility index (Phi) is 8.86. The van der Waals surface area contributed by atoms with Crippen LogP contribution >= 0.6 is 0 Å². The predicted octanol–water partition coefficient (Wildman–Crippen LogP) is 4.14. The Morgan fingerprint density at radius 1 is 0.868 bits per heavy atom. The molecule has 0 aliphatic heterocycles. The Morgan fingerprint density at radius 3 is 2.08 bits per heavy atom. The number of amides is 1. The van der Waals surface area contributed by atoms with Gasteiger partial charge in [0.25, 0.3) is 10.0 Å². The summed E-state index contributed by atoms with van der Waals surface area (Å²) in [5, 5.41) is 2.63. The van der Waals surface area contributed by atoms with E-state index < -0.39 is 32.5 Å². The number of benzene rings is 3. The van der Waals surface area contributed by atoms with Crippen LogP contribution in [-0.4, -0.2) is 42.4 Å². The molecule has 0 saturated carbocycles. The van der Waals surface area contributed by atoms with Crippen LogP contribution in [0.2, 0.25) is 0 Å². The molecule has 0 spiro atoms. The van der Waals surface area contributed by atoms with Crippen LogP contribution in [0.1, 0.15) is 30.5 Å². The summed E-state index contributed by atoms with van der Waals surface area (Å²) in [5.74, 6) is -0.451. The fourth-order valence-corrected chi connectivity index (χ4v) is 6.53.